The van der Waals surface area contributed by atoms with E-state index in [0.29, 0.717) is 12.5 Å². The molecule has 0 aliphatic carbocycles. The number of amides is 1. The largest absolute Gasteiger partial charge is 0.392 e. The monoisotopic (exact) mass is 184 g/mol. The van der Waals surface area contributed by atoms with Gasteiger partial charge in [-0.25, -0.2) is 0 Å². The highest BCUT2D eigenvalue weighted by molar-refractivity contribution is 5.78. The maximum Gasteiger partial charge on any atom is 0.224 e. The van der Waals surface area contributed by atoms with E-state index in [1.165, 1.54) is 0 Å². The van der Waals surface area contributed by atoms with E-state index < -0.39 is 6.10 Å². The van der Waals surface area contributed by atoms with Crippen molar-refractivity contribution >= 4 is 5.91 Å². The molecule has 4 nitrogen and oxygen atoms in total. The zero-order valence-corrected chi connectivity index (χ0v) is 7.81. The normalized spacial score (nSPS) is 45.1. The van der Waals surface area contributed by atoms with Crippen molar-refractivity contribution in [2.24, 2.45) is 11.7 Å². The summed E-state index contributed by atoms with van der Waals surface area (Å²) in [5, 5.41) is 9.71. The lowest BCUT2D eigenvalue weighted by atomic mass is 9.87. The number of piperidine rings is 1. The van der Waals surface area contributed by atoms with Crippen LogP contribution in [0.2, 0.25) is 0 Å². The average Bonchev–Trinajstić information content (AvgIpc) is 2.34. The maximum atomic E-state index is 11.1. The predicted molar refractivity (Wildman–Crippen MR) is 47.9 cm³/mol. The van der Waals surface area contributed by atoms with Crippen molar-refractivity contribution in [2.75, 3.05) is 7.05 Å². The SMILES string of the molecule is CN1[C@H]2CC[C@@H]1[C@H](C(N)=O)[C@@H](O)C2. The van der Waals surface area contributed by atoms with Gasteiger partial charge >= 0.3 is 0 Å². The van der Waals surface area contributed by atoms with E-state index in [0.717, 1.165) is 12.8 Å². The van der Waals surface area contributed by atoms with Crippen molar-refractivity contribution in [1.82, 2.24) is 4.90 Å². The van der Waals surface area contributed by atoms with Crippen LogP contribution >= 0.6 is 0 Å². The Morgan fingerprint density at radius 2 is 2.23 bits per heavy atom. The van der Waals surface area contributed by atoms with Gasteiger partial charge in [0.05, 0.1) is 12.0 Å². The highest BCUT2D eigenvalue weighted by Gasteiger charge is 2.47. The molecule has 0 aromatic heterocycles. The summed E-state index contributed by atoms with van der Waals surface area (Å²) in [6, 6.07) is 0.627. The second-order valence-corrected chi connectivity index (χ2v) is 4.20. The molecule has 0 spiro atoms. The Morgan fingerprint density at radius 3 is 2.85 bits per heavy atom. The van der Waals surface area contributed by atoms with Crippen LogP contribution in [0.25, 0.3) is 0 Å². The van der Waals surface area contributed by atoms with Gasteiger partial charge in [-0.3, -0.25) is 9.69 Å². The molecule has 74 valence electrons. The standard InChI is InChI=1S/C9H16N2O2/c1-11-5-2-3-6(11)8(9(10)13)7(12)4-5/h5-8,12H,2-4H2,1H3,(H2,10,13)/t5-,6+,7-,8-/m0/s1. The highest BCUT2D eigenvalue weighted by atomic mass is 16.3. The van der Waals surface area contributed by atoms with Gasteiger partial charge in [0, 0.05) is 12.1 Å². The van der Waals surface area contributed by atoms with Crippen molar-refractivity contribution in [3.8, 4) is 0 Å². The summed E-state index contributed by atoms with van der Waals surface area (Å²) in [6.45, 7) is 0. The molecule has 0 radical (unpaired) electrons. The van der Waals surface area contributed by atoms with Crippen molar-refractivity contribution in [3.63, 3.8) is 0 Å². The van der Waals surface area contributed by atoms with Gasteiger partial charge in [0.1, 0.15) is 0 Å². The minimum Gasteiger partial charge on any atom is -0.392 e. The fourth-order valence-electron chi connectivity index (χ4n) is 2.82. The first kappa shape index (κ1) is 8.97. The molecule has 2 aliphatic heterocycles. The number of aliphatic hydroxyl groups excluding tert-OH is 1. The minimum atomic E-state index is -0.522. The second-order valence-electron chi connectivity index (χ2n) is 4.20. The molecule has 2 bridgehead atoms. The van der Waals surface area contributed by atoms with Crippen molar-refractivity contribution in [1.29, 1.82) is 0 Å². The van der Waals surface area contributed by atoms with Gasteiger partial charge in [-0.15, -0.1) is 0 Å². The summed E-state index contributed by atoms with van der Waals surface area (Å²) >= 11 is 0. The van der Waals surface area contributed by atoms with E-state index in [1.54, 1.807) is 0 Å². The summed E-state index contributed by atoms with van der Waals surface area (Å²) in [4.78, 5) is 13.3. The molecule has 0 aromatic rings. The molecule has 2 aliphatic rings. The molecule has 0 unspecified atom stereocenters. The molecule has 3 N–H and O–H groups in total. The van der Waals surface area contributed by atoms with Gasteiger partial charge < -0.3 is 10.8 Å². The molecule has 13 heavy (non-hydrogen) atoms. The summed E-state index contributed by atoms with van der Waals surface area (Å²) < 4.78 is 0. The van der Waals surface area contributed by atoms with Crippen molar-refractivity contribution in [2.45, 2.75) is 37.5 Å². The first-order chi connectivity index (χ1) is 6.11. The Balaban J connectivity index is 2.21. The molecule has 4 heteroatoms. The Kier molecular flexibility index (Phi) is 2.04. The molecule has 2 heterocycles. The minimum absolute atomic E-state index is 0.172. The topological polar surface area (TPSA) is 66.6 Å². The predicted octanol–water partition coefficient (Wildman–Crippen LogP) is -0.685. The van der Waals surface area contributed by atoms with Crippen LogP contribution in [0.5, 0.6) is 0 Å². The average molecular weight is 184 g/mol. The van der Waals surface area contributed by atoms with E-state index in [4.69, 9.17) is 5.73 Å². The fourth-order valence-corrected chi connectivity index (χ4v) is 2.82. The molecule has 2 rings (SSSR count). The first-order valence-corrected chi connectivity index (χ1v) is 4.80. The van der Waals surface area contributed by atoms with Crippen LogP contribution in [0.3, 0.4) is 0 Å². The number of fused-ring (bicyclic) bond motifs is 2. The van der Waals surface area contributed by atoms with Gasteiger partial charge in [0.2, 0.25) is 5.91 Å². The third kappa shape index (κ3) is 1.25. The Labute approximate surface area is 77.7 Å². The van der Waals surface area contributed by atoms with Gasteiger partial charge in [-0.05, 0) is 26.3 Å². The second kappa shape index (κ2) is 2.96. The number of aliphatic hydroxyl groups is 1. The van der Waals surface area contributed by atoms with Gasteiger partial charge in [0.25, 0.3) is 0 Å². The van der Waals surface area contributed by atoms with Crippen LogP contribution in [0.4, 0.5) is 0 Å². The molecule has 0 aromatic carbocycles. The van der Waals surface area contributed by atoms with Crippen molar-refractivity contribution in [3.05, 3.63) is 0 Å². The lowest BCUT2D eigenvalue weighted by Gasteiger charge is -2.39. The highest BCUT2D eigenvalue weighted by Crippen LogP contribution is 2.37. The number of carbonyl (C=O) groups is 1. The van der Waals surface area contributed by atoms with Gasteiger partial charge in [0.15, 0.2) is 0 Å². The van der Waals surface area contributed by atoms with E-state index >= 15 is 0 Å². The lowest BCUT2D eigenvalue weighted by Crippen LogP contribution is -2.53. The number of nitrogens with zero attached hydrogens (tertiary/aromatic N) is 1. The lowest BCUT2D eigenvalue weighted by molar-refractivity contribution is -0.131. The van der Waals surface area contributed by atoms with Crippen molar-refractivity contribution < 1.29 is 9.90 Å². The first-order valence-electron chi connectivity index (χ1n) is 4.80. The molecular formula is C9H16N2O2. The third-order valence-corrected chi connectivity index (χ3v) is 3.57. The van der Waals surface area contributed by atoms with Crippen LogP contribution in [-0.2, 0) is 4.79 Å². The summed E-state index contributed by atoms with van der Waals surface area (Å²) in [5.41, 5.74) is 5.28. The number of hydrogen-bond acceptors (Lipinski definition) is 3. The van der Waals surface area contributed by atoms with Gasteiger partial charge in [-0.1, -0.05) is 0 Å². The molecule has 0 saturated carbocycles. The molecule has 4 atom stereocenters. The van der Waals surface area contributed by atoms with E-state index in [-0.39, 0.29) is 17.9 Å². The Bertz CT molecular complexity index is 232. The number of primary amides is 1. The Morgan fingerprint density at radius 1 is 1.54 bits per heavy atom. The Hall–Kier alpha value is -0.610. The number of carbonyl (C=O) groups excluding carboxylic acids is 1. The number of rotatable bonds is 1. The molecule has 2 fully saturated rings. The van der Waals surface area contributed by atoms with E-state index in [9.17, 15) is 9.90 Å². The fraction of sp³-hybridized carbons (Fsp3) is 0.889. The van der Waals surface area contributed by atoms with Gasteiger partial charge in [-0.2, -0.15) is 0 Å². The van der Waals surface area contributed by atoms with Crippen LogP contribution in [0, 0.1) is 5.92 Å². The summed E-state index contributed by atoms with van der Waals surface area (Å²) in [5.74, 6) is -0.714. The zero-order chi connectivity index (χ0) is 9.59. The van der Waals surface area contributed by atoms with Crippen LogP contribution in [0.15, 0.2) is 0 Å². The summed E-state index contributed by atoms with van der Waals surface area (Å²) in [7, 11) is 2.02. The van der Waals surface area contributed by atoms with E-state index in [1.807, 2.05) is 7.05 Å². The van der Waals surface area contributed by atoms with Crippen LogP contribution in [-0.4, -0.2) is 41.1 Å². The summed E-state index contributed by atoms with van der Waals surface area (Å²) in [6.07, 6.45) is 2.25. The number of hydrogen-bond donors (Lipinski definition) is 2. The van der Waals surface area contributed by atoms with Crippen LogP contribution in [0.1, 0.15) is 19.3 Å². The smallest absolute Gasteiger partial charge is 0.224 e. The maximum absolute atomic E-state index is 11.1. The molecular weight excluding hydrogens is 168 g/mol. The third-order valence-electron chi connectivity index (χ3n) is 3.57. The molecule has 1 amide bonds. The van der Waals surface area contributed by atoms with Crippen LogP contribution < -0.4 is 5.73 Å². The zero-order valence-electron chi connectivity index (χ0n) is 7.81. The van der Waals surface area contributed by atoms with E-state index in [2.05, 4.69) is 4.90 Å². The quantitative estimate of drug-likeness (QED) is 0.567. The molecule has 2 saturated heterocycles. The number of nitrogens with two attached hydrogens (primary N) is 1.